The predicted octanol–water partition coefficient (Wildman–Crippen LogP) is 4.36. The number of alkyl carbamates (subject to hydrolysis) is 1. The summed E-state index contributed by atoms with van der Waals surface area (Å²) in [5.74, 6) is -0.148. The Labute approximate surface area is 224 Å². The van der Waals surface area contributed by atoms with E-state index >= 15 is 0 Å². The highest BCUT2D eigenvalue weighted by Crippen LogP contribution is 2.46. The van der Waals surface area contributed by atoms with Crippen LogP contribution in [0.15, 0.2) is 48.7 Å². The summed E-state index contributed by atoms with van der Waals surface area (Å²) < 4.78 is 31.9. The summed E-state index contributed by atoms with van der Waals surface area (Å²) in [5.41, 5.74) is 1.38. The molecule has 1 aliphatic carbocycles. The summed E-state index contributed by atoms with van der Waals surface area (Å²) in [6.07, 6.45) is 3.41. The van der Waals surface area contributed by atoms with Crippen LogP contribution in [0.1, 0.15) is 43.2 Å². The van der Waals surface area contributed by atoms with Crippen LogP contribution < -0.4 is 15.4 Å². The number of ether oxygens (including phenoxy) is 3. The third-order valence-corrected chi connectivity index (χ3v) is 7.55. The van der Waals surface area contributed by atoms with Crippen molar-refractivity contribution in [3.8, 4) is 5.88 Å². The standard InChI is InChI=1S/C28H31FN4O6/c29-21-16-31-22-6-7-23(37-15-14-30-26(36)38-17-19-4-2-1-3-5-19)32-24(22)20(21)8-9-28-12-10-27(11-13-28,18-39-28)33-25(34)35/h1-7,16,33H,8-15,17-18H2,(H,30,36)(H,34,35). The predicted molar refractivity (Wildman–Crippen MR) is 139 cm³/mol. The van der Waals surface area contributed by atoms with Crippen molar-refractivity contribution in [2.75, 3.05) is 19.8 Å². The molecule has 4 heterocycles. The molecule has 3 aromatic rings. The normalized spacial score (nSPS) is 21.9. The van der Waals surface area contributed by atoms with E-state index in [0.717, 1.165) is 5.56 Å². The lowest BCUT2D eigenvalue weighted by molar-refractivity contribution is -0.162. The minimum Gasteiger partial charge on any atom is -0.476 e. The molecule has 1 saturated carbocycles. The van der Waals surface area contributed by atoms with E-state index in [1.165, 1.54) is 6.20 Å². The molecule has 2 aliphatic heterocycles. The van der Waals surface area contributed by atoms with Crippen LogP contribution in [0.5, 0.6) is 5.88 Å². The van der Waals surface area contributed by atoms with Crippen LogP contribution in [0.25, 0.3) is 11.0 Å². The number of nitrogens with one attached hydrogen (secondary N) is 2. The fraction of sp³-hybridized carbons (Fsp3) is 0.429. The Morgan fingerprint density at radius 1 is 1.10 bits per heavy atom. The number of carbonyl (C=O) groups excluding carboxylic acids is 1. The SMILES string of the molecule is O=C(O)NC12CCC(CCc3c(F)cnc4ccc(OCCNC(=O)OCc5ccccc5)nc34)(CC1)OC2. The highest BCUT2D eigenvalue weighted by Gasteiger charge is 2.50. The lowest BCUT2D eigenvalue weighted by Crippen LogP contribution is -2.62. The number of hydrogen-bond acceptors (Lipinski definition) is 7. The Kier molecular flexibility index (Phi) is 7.78. The summed E-state index contributed by atoms with van der Waals surface area (Å²) in [6.45, 7) is 0.857. The Morgan fingerprint density at radius 2 is 1.90 bits per heavy atom. The fourth-order valence-corrected chi connectivity index (χ4v) is 5.31. The van der Waals surface area contributed by atoms with E-state index in [2.05, 4.69) is 20.6 Å². The number of benzene rings is 1. The van der Waals surface area contributed by atoms with Crippen molar-refractivity contribution in [2.45, 2.75) is 56.3 Å². The number of fused-ring (bicyclic) bond motifs is 4. The molecule has 10 nitrogen and oxygen atoms in total. The van der Waals surface area contributed by atoms with Gasteiger partial charge in [0, 0.05) is 11.6 Å². The molecule has 2 amide bonds. The number of pyridine rings is 2. The van der Waals surface area contributed by atoms with E-state index in [1.54, 1.807) is 12.1 Å². The highest BCUT2D eigenvalue weighted by atomic mass is 19.1. The summed E-state index contributed by atoms with van der Waals surface area (Å²) in [5, 5.41) is 14.4. The van der Waals surface area contributed by atoms with Gasteiger partial charge < -0.3 is 30.0 Å². The highest BCUT2D eigenvalue weighted by molar-refractivity contribution is 5.78. The quantitative estimate of drug-likeness (QED) is 0.325. The van der Waals surface area contributed by atoms with Gasteiger partial charge in [0.25, 0.3) is 0 Å². The Morgan fingerprint density at radius 3 is 2.62 bits per heavy atom. The molecule has 0 radical (unpaired) electrons. The lowest BCUT2D eigenvalue weighted by atomic mass is 9.69. The van der Waals surface area contributed by atoms with E-state index in [-0.39, 0.29) is 19.8 Å². The van der Waals surface area contributed by atoms with Gasteiger partial charge in [-0.05, 0) is 50.2 Å². The van der Waals surface area contributed by atoms with Crippen LogP contribution in [0.4, 0.5) is 14.0 Å². The van der Waals surface area contributed by atoms with Gasteiger partial charge in [-0.25, -0.2) is 19.0 Å². The summed E-state index contributed by atoms with van der Waals surface area (Å²) in [6, 6.07) is 12.8. The fourth-order valence-electron chi connectivity index (χ4n) is 5.31. The van der Waals surface area contributed by atoms with Gasteiger partial charge >= 0.3 is 12.2 Å². The number of aromatic nitrogens is 2. The van der Waals surface area contributed by atoms with Crippen molar-refractivity contribution in [2.24, 2.45) is 0 Å². The average molecular weight is 539 g/mol. The smallest absolute Gasteiger partial charge is 0.407 e. The molecule has 6 rings (SSSR count). The van der Waals surface area contributed by atoms with Crippen LogP contribution >= 0.6 is 0 Å². The second kappa shape index (κ2) is 11.4. The first-order valence-corrected chi connectivity index (χ1v) is 13.0. The zero-order chi connectivity index (χ0) is 27.3. The van der Waals surface area contributed by atoms with Gasteiger partial charge in [0.15, 0.2) is 0 Å². The van der Waals surface area contributed by atoms with Crippen molar-refractivity contribution in [3.05, 3.63) is 65.6 Å². The molecule has 39 heavy (non-hydrogen) atoms. The minimum absolute atomic E-state index is 0.153. The number of hydrogen-bond donors (Lipinski definition) is 3. The molecule has 3 aliphatic rings. The summed E-state index contributed by atoms with van der Waals surface area (Å²) in [7, 11) is 0. The topological polar surface area (TPSA) is 132 Å². The van der Waals surface area contributed by atoms with Gasteiger partial charge in [-0.1, -0.05) is 30.3 Å². The number of aryl methyl sites for hydroxylation is 1. The summed E-state index contributed by atoms with van der Waals surface area (Å²) >= 11 is 0. The van der Waals surface area contributed by atoms with Crippen molar-refractivity contribution in [1.82, 2.24) is 20.6 Å². The molecule has 1 aromatic carbocycles. The molecular weight excluding hydrogens is 507 g/mol. The molecule has 3 fully saturated rings. The van der Waals surface area contributed by atoms with Crippen LogP contribution in [0, 0.1) is 5.82 Å². The first-order valence-electron chi connectivity index (χ1n) is 13.0. The van der Waals surface area contributed by atoms with Crippen molar-refractivity contribution in [3.63, 3.8) is 0 Å². The van der Waals surface area contributed by atoms with Gasteiger partial charge in [-0.2, -0.15) is 0 Å². The van der Waals surface area contributed by atoms with Crippen LogP contribution in [-0.2, 0) is 22.5 Å². The van der Waals surface area contributed by atoms with E-state index in [4.69, 9.17) is 19.3 Å². The van der Waals surface area contributed by atoms with Crippen molar-refractivity contribution >= 4 is 23.2 Å². The van der Waals surface area contributed by atoms with E-state index in [0.29, 0.717) is 67.6 Å². The number of amides is 2. The third-order valence-electron chi connectivity index (χ3n) is 7.55. The number of carbonyl (C=O) groups is 2. The minimum atomic E-state index is -1.04. The van der Waals surface area contributed by atoms with Gasteiger partial charge in [-0.3, -0.25) is 4.98 Å². The Hall–Kier alpha value is -3.99. The number of rotatable bonds is 10. The monoisotopic (exact) mass is 538 g/mol. The van der Waals surface area contributed by atoms with Crippen LogP contribution in [-0.4, -0.2) is 58.2 Å². The molecule has 3 N–H and O–H groups in total. The molecule has 0 atom stereocenters. The molecular formula is C28H31FN4O6. The van der Waals surface area contributed by atoms with E-state index in [1.807, 2.05) is 30.3 Å². The van der Waals surface area contributed by atoms with Gasteiger partial charge in [-0.15, -0.1) is 0 Å². The third kappa shape index (κ3) is 6.36. The summed E-state index contributed by atoms with van der Waals surface area (Å²) in [4.78, 5) is 31.7. The van der Waals surface area contributed by atoms with Crippen LogP contribution in [0.2, 0.25) is 0 Å². The number of halogens is 1. The maximum absolute atomic E-state index is 14.9. The largest absolute Gasteiger partial charge is 0.476 e. The van der Waals surface area contributed by atoms with Gasteiger partial charge in [0.1, 0.15) is 19.0 Å². The molecule has 11 heteroatoms. The van der Waals surface area contributed by atoms with Crippen LogP contribution in [0.3, 0.4) is 0 Å². The second-order valence-electron chi connectivity index (χ2n) is 10.1. The molecule has 2 aromatic heterocycles. The molecule has 206 valence electrons. The van der Waals surface area contributed by atoms with Gasteiger partial charge in [0.05, 0.1) is 41.5 Å². The Balaban J connectivity index is 1.16. The average Bonchev–Trinajstić information content (AvgIpc) is 2.95. The zero-order valence-electron chi connectivity index (χ0n) is 21.5. The Bertz CT molecular complexity index is 1310. The first kappa shape index (κ1) is 26.6. The molecule has 0 spiro atoms. The first-order chi connectivity index (χ1) is 18.9. The van der Waals surface area contributed by atoms with E-state index in [9.17, 15) is 14.0 Å². The zero-order valence-corrected chi connectivity index (χ0v) is 21.5. The molecule has 2 saturated heterocycles. The number of carboxylic acid groups (broad SMARTS) is 1. The second-order valence-corrected chi connectivity index (χ2v) is 10.1. The maximum Gasteiger partial charge on any atom is 0.407 e. The molecule has 2 bridgehead atoms. The van der Waals surface area contributed by atoms with E-state index < -0.39 is 29.1 Å². The molecule has 0 unspecified atom stereocenters. The lowest BCUT2D eigenvalue weighted by Gasteiger charge is -2.53. The number of nitrogens with zero attached hydrogens (tertiary/aromatic N) is 2. The van der Waals surface area contributed by atoms with Crippen molar-refractivity contribution < 1.29 is 33.3 Å². The van der Waals surface area contributed by atoms with Crippen molar-refractivity contribution in [1.29, 1.82) is 0 Å². The maximum atomic E-state index is 14.9. The van der Waals surface area contributed by atoms with Gasteiger partial charge in [0.2, 0.25) is 5.88 Å².